The van der Waals surface area contributed by atoms with Crippen LogP contribution in [0.15, 0.2) is 52.6 Å². The van der Waals surface area contributed by atoms with Crippen molar-refractivity contribution >= 4 is 28.1 Å². The van der Waals surface area contributed by atoms with E-state index in [2.05, 4.69) is 26.6 Å². The number of thiophene rings is 1. The highest BCUT2D eigenvalue weighted by molar-refractivity contribution is 7.10. The molecule has 0 saturated carbocycles. The fourth-order valence-corrected chi connectivity index (χ4v) is 4.41. The number of H-pyrrole nitrogens is 1. The van der Waals surface area contributed by atoms with Crippen LogP contribution in [0.2, 0.25) is 0 Å². The van der Waals surface area contributed by atoms with Gasteiger partial charge in [0, 0.05) is 16.9 Å². The molecule has 0 bridgehead atoms. The fraction of sp³-hybridized carbons (Fsp3) is 0.300. The first-order valence-electron chi connectivity index (χ1n) is 8.90. The summed E-state index contributed by atoms with van der Waals surface area (Å²) in [6, 6.07) is 13.5. The number of carbonyl (C=O) groups is 1. The summed E-state index contributed by atoms with van der Waals surface area (Å²) in [5.74, 6) is -0.322. The Labute approximate surface area is 155 Å². The number of aromatic amines is 1. The van der Waals surface area contributed by atoms with Crippen molar-refractivity contribution in [2.75, 3.05) is 19.6 Å². The molecule has 1 aliphatic heterocycles. The van der Waals surface area contributed by atoms with E-state index in [0.717, 1.165) is 24.0 Å². The molecule has 2 N–H and O–H groups in total. The van der Waals surface area contributed by atoms with Gasteiger partial charge >= 0.3 is 0 Å². The van der Waals surface area contributed by atoms with E-state index in [4.69, 9.17) is 0 Å². The van der Waals surface area contributed by atoms with E-state index in [0.29, 0.717) is 6.54 Å². The van der Waals surface area contributed by atoms with Gasteiger partial charge in [-0.3, -0.25) is 14.5 Å². The standard InChI is InChI=1S/C20H21N3O2S/c24-19(15-12-14-6-1-2-7-16(14)22-20(15)25)21-13-17(18-8-5-11-26-18)23-9-3-4-10-23/h1-2,5-8,11-12,17H,3-4,9-10,13H2,(H,21,24)(H,22,25). The number of amides is 1. The van der Waals surface area contributed by atoms with Crippen LogP contribution in [0.1, 0.15) is 34.1 Å². The van der Waals surface area contributed by atoms with E-state index in [1.54, 1.807) is 17.4 Å². The van der Waals surface area contributed by atoms with Gasteiger partial charge in [-0.2, -0.15) is 0 Å². The van der Waals surface area contributed by atoms with Crippen molar-refractivity contribution in [2.24, 2.45) is 0 Å². The van der Waals surface area contributed by atoms with Crippen LogP contribution in [0.4, 0.5) is 0 Å². The first kappa shape index (κ1) is 17.0. The molecule has 6 heteroatoms. The lowest BCUT2D eigenvalue weighted by atomic mass is 10.1. The molecule has 4 rings (SSSR count). The Bertz CT molecular complexity index is 959. The highest BCUT2D eigenvalue weighted by Crippen LogP contribution is 2.27. The van der Waals surface area contributed by atoms with E-state index in [1.165, 1.54) is 17.7 Å². The molecule has 3 aromatic rings. The maximum absolute atomic E-state index is 12.7. The van der Waals surface area contributed by atoms with Crippen molar-refractivity contribution in [2.45, 2.75) is 18.9 Å². The molecule has 0 radical (unpaired) electrons. The van der Waals surface area contributed by atoms with E-state index >= 15 is 0 Å². The zero-order valence-electron chi connectivity index (χ0n) is 14.4. The Hall–Kier alpha value is -2.44. The molecule has 0 spiro atoms. The predicted octanol–water partition coefficient (Wildman–Crippen LogP) is 3.16. The van der Waals surface area contributed by atoms with E-state index in [1.807, 2.05) is 30.3 Å². The first-order chi connectivity index (χ1) is 12.7. The van der Waals surface area contributed by atoms with Crippen LogP contribution in [0, 0.1) is 0 Å². The second-order valence-electron chi connectivity index (χ2n) is 6.58. The molecule has 1 aliphatic rings. The molecule has 1 saturated heterocycles. The van der Waals surface area contributed by atoms with Crippen LogP contribution in [0.3, 0.4) is 0 Å². The lowest BCUT2D eigenvalue weighted by molar-refractivity contribution is 0.0937. The number of likely N-dealkylation sites (tertiary alicyclic amines) is 1. The molecule has 1 unspecified atom stereocenters. The lowest BCUT2D eigenvalue weighted by Crippen LogP contribution is -2.38. The predicted molar refractivity (Wildman–Crippen MR) is 105 cm³/mol. The highest BCUT2D eigenvalue weighted by atomic mass is 32.1. The number of hydrogen-bond donors (Lipinski definition) is 2. The number of aromatic nitrogens is 1. The summed E-state index contributed by atoms with van der Waals surface area (Å²) < 4.78 is 0. The summed E-state index contributed by atoms with van der Waals surface area (Å²) in [6.07, 6.45) is 2.39. The number of carbonyl (C=O) groups excluding carboxylic acids is 1. The molecule has 1 aromatic carbocycles. The number of rotatable bonds is 5. The van der Waals surface area contributed by atoms with Crippen molar-refractivity contribution in [1.29, 1.82) is 0 Å². The minimum Gasteiger partial charge on any atom is -0.350 e. The summed E-state index contributed by atoms with van der Waals surface area (Å²) in [7, 11) is 0. The van der Waals surface area contributed by atoms with Gasteiger partial charge in [-0.1, -0.05) is 24.3 Å². The summed E-state index contributed by atoms with van der Waals surface area (Å²) in [4.78, 5) is 31.4. The second-order valence-corrected chi connectivity index (χ2v) is 7.56. The number of pyridine rings is 1. The van der Waals surface area contributed by atoms with Crippen LogP contribution in [-0.4, -0.2) is 35.4 Å². The maximum atomic E-state index is 12.7. The third-order valence-corrected chi connectivity index (χ3v) is 5.88. The van der Waals surface area contributed by atoms with Gasteiger partial charge in [0.2, 0.25) is 0 Å². The Morgan fingerprint density at radius 3 is 2.77 bits per heavy atom. The second kappa shape index (κ2) is 7.43. The van der Waals surface area contributed by atoms with Gasteiger partial charge in [0.25, 0.3) is 11.5 Å². The number of fused-ring (bicyclic) bond motifs is 1. The molecule has 26 heavy (non-hydrogen) atoms. The topological polar surface area (TPSA) is 65.2 Å². The van der Waals surface area contributed by atoms with Gasteiger partial charge in [0.15, 0.2) is 0 Å². The molecule has 1 fully saturated rings. The van der Waals surface area contributed by atoms with Crippen LogP contribution in [-0.2, 0) is 0 Å². The minimum absolute atomic E-state index is 0.162. The molecule has 5 nitrogen and oxygen atoms in total. The van der Waals surface area contributed by atoms with E-state index < -0.39 is 0 Å². The summed E-state index contributed by atoms with van der Waals surface area (Å²) >= 11 is 1.71. The zero-order valence-corrected chi connectivity index (χ0v) is 15.2. The molecular weight excluding hydrogens is 346 g/mol. The summed E-state index contributed by atoms with van der Waals surface area (Å²) in [5, 5.41) is 5.89. The van der Waals surface area contributed by atoms with Crippen molar-refractivity contribution in [3.8, 4) is 0 Å². The Balaban J connectivity index is 1.53. The molecule has 0 aliphatic carbocycles. The maximum Gasteiger partial charge on any atom is 0.261 e. The average molecular weight is 367 g/mol. The Morgan fingerprint density at radius 1 is 1.19 bits per heavy atom. The van der Waals surface area contributed by atoms with E-state index in [9.17, 15) is 9.59 Å². The van der Waals surface area contributed by atoms with Gasteiger partial charge in [0.05, 0.1) is 6.04 Å². The SMILES string of the molecule is O=C(NCC(c1cccs1)N1CCCC1)c1cc2ccccc2[nH]c1=O. The highest BCUT2D eigenvalue weighted by Gasteiger charge is 2.25. The summed E-state index contributed by atoms with van der Waals surface area (Å²) in [6.45, 7) is 2.61. The normalized spacial score (nSPS) is 16.0. The fourth-order valence-electron chi connectivity index (χ4n) is 3.54. The van der Waals surface area contributed by atoms with Gasteiger partial charge in [-0.15, -0.1) is 11.3 Å². The van der Waals surface area contributed by atoms with Gasteiger partial charge in [-0.05, 0) is 54.9 Å². The van der Waals surface area contributed by atoms with Crippen LogP contribution in [0.25, 0.3) is 10.9 Å². The number of nitrogens with zero attached hydrogens (tertiary/aromatic N) is 1. The molecule has 1 amide bonds. The van der Waals surface area contributed by atoms with Gasteiger partial charge in [0.1, 0.15) is 5.56 Å². The van der Waals surface area contributed by atoms with Crippen LogP contribution in [0.5, 0.6) is 0 Å². The lowest BCUT2D eigenvalue weighted by Gasteiger charge is -2.26. The van der Waals surface area contributed by atoms with E-state index in [-0.39, 0.29) is 23.1 Å². The summed E-state index contributed by atoms with van der Waals surface area (Å²) in [5.41, 5.74) is 0.549. The Kier molecular flexibility index (Phi) is 4.86. The van der Waals surface area contributed by atoms with Crippen molar-refractivity contribution in [3.05, 3.63) is 68.6 Å². The van der Waals surface area contributed by atoms with Crippen LogP contribution >= 0.6 is 11.3 Å². The van der Waals surface area contributed by atoms with Crippen molar-refractivity contribution in [3.63, 3.8) is 0 Å². The zero-order chi connectivity index (χ0) is 17.9. The van der Waals surface area contributed by atoms with Crippen LogP contribution < -0.4 is 10.9 Å². The van der Waals surface area contributed by atoms with Crippen molar-refractivity contribution < 1.29 is 4.79 Å². The molecular formula is C20H21N3O2S. The number of benzene rings is 1. The smallest absolute Gasteiger partial charge is 0.261 e. The Morgan fingerprint density at radius 2 is 2.00 bits per heavy atom. The molecule has 1 atom stereocenters. The van der Waals surface area contributed by atoms with Crippen molar-refractivity contribution in [1.82, 2.24) is 15.2 Å². The number of nitrogens with one attached hydrogen (secondary N) is 2. The number of hydrogen-bond acceptors (Lipinski definition) is 4. The molecule has 3 heterocycles. The minimum atomic E-state index is -0.352. The van der Waals surface area contributed by atoms with Gasteiger partial charge in [-0.25, -0.2) is 0 Å². The number of para-hydroxylation sites is 1. The third-order valence-electron chi connectivity index (χ3n) is 4.91. The monoisotopic (exact) mass is 367 g/mol. The third kappa shape index (κ3) is 3.43. The average Bonchev–Trinajstić information content (AvgIpc) is 3.35. The quantitative estimate of drug-likeness (QED) is 0.728. The first-order valence-corrected chi connectivity index (χ1v) is 9.78. The van der Waals surface area contributed by atoms with Gasteiger partial charge < -0.3 is 10.3 Å². The molecule has 134 valence electrons. The molecule has 2 aromatic heterocycles. The largest absolute Gasteiger partial charge is 0.350 e.